The molecule has 0 fully saturated rings. The van der Waals surface area contributed by atoms with E-state index in [9.17, 15) is 14.2 Å². The highest BCUT2D eigenvalue weighted by molar-refractivity contribution is 7.46. The molecule has 0 atom stereocenters. The maximum atomic E-state index is 11.2. The van der Waals surface area contributed by atoms with Crippen LogP contribution in [0.25, 0.3) is 0 Å². The van der Waals surface area contributed by atoms with E-state index in [4.69, 9.17) is 14.5 Å². The number of hydrogen-bond donors (Lipinski definition) is 3. The zero-order valence-electron chi connectivity index (χ0n) is 9.31. The van der Waals surface area contributed by atoms with Gasteiger partial charge in [-0.05, 0) is 6.42 Å². The molecule has 0 aliphatic rings. The van der Waals surface area contributed by atoms with Gasteiger partial charge in [0.25, 0.3) is 5.56 Å². The van der Waals surface area contributed by atoms with Gasteiger partial charge in [-0.15, -0.1) is 0 Å². The van der Waals surface area contributed by atoms with Crippen LogP contribution in [0, 0.1) is 0 Å². The molecule has 9 nitrogen and oxygen atoms in total. The second kappa shape index (κ2) is 6.62. The topological polar surface area (TPSA) is 131 Å². The van der Waals surface area contributed by atoms with E-state index >= 15 is 0 Å². The number of nitrogens with zero attached hydrogens (tertiary/aromatic N) is 1. The largest absolute Gasteiger partial charge is 0.469 e. The number of aromatic amines is 1. The third kappa shape index (κ3) is 5.89. The molecule has 0 spiro atoms. The molecule has 0 amide bonds. The van der Waals surface area contributed by atoms with Crippen molar-refractivity contribution in [3.63, 3.8) is 0 Å². The number of phosphoric acid groups is 1. The van der Waals surface area contributed by atoms with E-state index in [-0.39, 0.29) is 26.4 Å². The van der Waals surface area contributed by atoms with Gasteiger partial charge in [0.2, 0.25) is 0 Å². The summed E-state index contributed by atoms with van der Waals surface area (Å²) in [5, 5.41) is 0. The first-order valence-corrected chi connectivity index (χ1v) is 6.49. The fraction of sp³-hybridized carbons (Fsp3) is 0.500. The van der Waals surface area contributed by atoms with Crippen LogP contribution in [0.2, 0.25) is 0 Å². The lowest BCUT2D eigenvalue weighted by molar-refractivity contribution is 0.0618. The predicted molar refractivity (Wildman–Crippen MR) is 59.9 cm³/mol. The Kier molecular flexibility index (Phi) is 5.45. The van der Waals surface area contributed by atoms with Crippen molar-refractivity contribution < 1.29 is 23.6 Å². The molecule has 0 aliphatic heterocycles. The smallest absolute Gasteiger partial charge is 0.361 e. The number of H-pyrrole nitrogens is 1. The van der Waals surface area contributed by atoms with Crippen molar-refractivity contribution >= 4 is 7.82 Å². The van der Waals surface area contributed by atoms with Gasteiger partial charge in [0.15, 0.2) is 0 Å². The highest BCUT2D eigenvalue weighted by Crippen LogP contribution is 2.35. The molecule has 1 aromatic rings. The van der Waals surface area contributed by atoms with Gasteiger partial charge in [-0.3, -0.25) is 18.9 Å². The van der Waals surface area contributed by atoms with Crippen molar-refractivity contribution in [1.82, 2.24) is 9.55 Å². The lowest BCUT2D eigenvalue weighted by atomic mass is 10.5. The van der Waals surface area contributed by atoms with Gasteiger partial charge < -0.3 is 14.5 Å². The molecule has 1 aromatic heterocycles. The molecule has 0 aliphatic carbocycles. The molecule has 102 valence electrons. The highest BCUT2D eigenvalue weighted by atomic mass is 31.2. The minimum atomic E-state index is -4.44. The summed E-state index contributed by atoms with van der Waals surface area (Å²) in [6, 6.07) is 1.18. The summed E-state index contributed by atoms with van der Waals surface area (Å²) in [4.78, 5) is 40.8. The van der Waals surface area contributed by atoms with E-state index in [2.05, 4.69) is 9.51 Å². The number of phosphoric ester groups is 1. The fourth-order valence-corrected chi connectivity index (χ4v) is 1.42. The Bertz CT molecular complexity index is 531. The molecule has 0 unspecified atom stereocenters. The monoisotopic (exact) mass is 280 g/mol. The summed E-state index contributed by atoms with van der Waals surface area (Å²) in [5.41, 5.74) is -1.08. The molecule has 0 radical (unpaired) electrons. The van der Waals surface area contributed by atoms with Crippen LogP contribution in [0.5, 0.6) is 0 Å². The SMILES string of the molecule is O=c1ccn(COCCCOP(=O)(O)O)c(=O)[nH]1. The van der Waals surface area contributed by atoms with E-state index in [1.807, 2.05) is 0 Å². The first-order chi connectivity index (χ1) is 8.38. The summed E-state index contributed by atoms with van der Waals surface area (Å²) in [6.07, 6.45) is 1.55. The summed E-state index contributed by atoms with van der Waals surface area (Å²) < 4.78 is 20.7. The molecular formula is C8H13N2O7P. The summed E-state index contributed by atoms with van der Waals surface area (Å²) >= 11 is 0. The Morgan fingerprint density at radius 1 is 1.33 bits per heavy atom. The van der Waals surface area contributed by atoms with Crippen LogP contribution in [0.1, 0.15) is 6.42 Å². The first-order valence-electron chi connectivity index (χ1n) is 4.96. The third-order valence-electron chi connectivity index (χ3n) is 1.82. The zero-order chi connectivity index (χ0) is 13.6. The number of rotatable bonds is 7. The lowest BCUT2D eigenvalue weighted by Crippen LogP contribution is -2.29. The maximum Gasteiger partial charge on any atom is 0.469 e. The zero-order valence-corrected chi connectivity index (χ0v) is 10.2. The molecule has 0 saturated carbocycles. The van der Waals surface area contributed by atoms with Crippen molar-refractivity contribution in [3.8, 4) is 0 Å². The van der Waals surface area contributed by atoms with Crippen LogP contribution in [-0.4, -0.2) is 32.6 Å². The van der Waals surface area contributed by atoms with Gasteiger partial charge in [0.1, 0.15) is 6.73 Å². The van der Waals surface area contributed by atoms with E-state index in [1.54, 1.807) is 0 Å². The van der Waals surface area contributed by atoms with Gasteiger partial charge in [-0.1, -0.05) is 0 Å². The Labute approximate surface area is 101 Å². The van der Waals surface area contributed by atoms with Crippen LogP contribution >= 0.6 is 7.82 Å². The molecule has 0 aromatic carbocycles. The Hall–Kier alpha value is -1.25. The number of ether oxygens (including phenoxy) is 1. The Balaban J connectivity index is 2.24. The van der Waals surface area contributed by atoms with Crippen molar-refractivity contribution in [2.24, 2.45) is 0 Å². The van der Waals surface area contributed by atoms with Gasteiger partial charge in [0.05, 0.1) is 13.2 Å². The van der Waals surface area contributed by atoms with Crippen LogP contribution in [0.4, 0.5) is 0 Å². The van der Waals surface area contributed by atoms with Crippen LogP contribution in [0.3, 0.4) is 0 Å². The number of aromatic nitrogens is 2. The van der Waals surface area contributed by atoms with Crippen molar-refractivity contribution in [2.75, 3.05) is 13.2 Å². The second-order valence-electron chi connectivity index (χ2n) is 3.29. The van der Waals surface area contributed by atoms with E-state index in [0.717, 1.165) is 4.57 Å². The number of nitrogens with one attached hydrogen (secondary N) is 1. The van der Waals surface area contributed by atoms with Crippen molar-refractivity contribution in [1.29, 1.82) is 0 Å². The second-order valence-corrected chi connectivity index (χ2v) is 4.53. The van der Waals surface area contributed by atoms with Crippen molar-refractivity contribution in [3.05, 3.63) is 33.1 Å². The molecule has 0 bridgehead atoms. The first kappa shape index (κ1) is 14.8. The summed E-state index contributed by atoms with van der Waals surface area (Å²) in [7, 11) is -4.44. The van der Waals surface area contributed by atoms with Gasteiger partial charge in [-0.25, -0.2) is 9.36 Å². The molecule has 18 heavy (non-hydrogen) atoms. The van der Waals surface area contributed by atoms with Crippen LogP contribution in [-0.2, 0) is 20.6 Å². The molecular weight excluding hydrogens is 267 g/mol. The predicted octanol–water partition coefficient (Wildman–Crippen LogP) is -0.990. The van der Waals surface area contributed by atoms with Gasteiger partial charge >= 0.3 is 13.5 Å². The van der Waals surface area contributed by atoms with Gasteiger partial charge in [0, 0.05) is 12.3 Å². The fourth-order valence-electron chi connectivity index (χ4n) is 1.05. The van der Waals surface area contributed by atoms with E-state index < -0.39 is 19.1 Å². The van der Waals surface area contributed by atoms with Crippen molar-refractivity contribution in [2.45, 2.75) is 13.2 Å². The third-order valence-corrected chi connectivity index (χ3v) is 2.34. The summed E-state index contributed by atoms with van der Waals surface area (Å²) in [5.74, 6) is 0. The molecule has 3 N–H and O–H groups in total. The Morgan fingerprint density at radius 2 is 2.06 bits per heavy atom. The van der Waals surface area contributed by atoms with Gasteiger partial charge in [-0.2, -0.15) is 0 Å². The molecule has 10 heteroatoms. The average molecular weight is 280 g/mol. The maximum absolute atomic E-state index is 11.2. The highest BCUT2D eigenvalue weighted by Gasteiger charge is 2.12. The summed E-state index contributed by atoms with van der Waals surface area (Å²) in [6.45, 7) is -0.0537. The standard InChI is InChI=1S/C8H13N2O7P/c11-7-2-3-10(8(12)9-7)6-16-4-1-5-17-18(13,14)15/h2-3H,1,4-6H2,(H,9,11,12)(H2,13,14,15). The molecule has 1 rings (SSSR count). The van der Waals surface area contributed by atoms with E-state index in [0.29, 0.717) is 0 Å². The van der Waals surface area contributed by atoms with Crippen LogP contribution < -0.4 is 11.2 Å². The minimum Gasteiger partial charge on any atom is -0.361 e. The normalized spacial score (nSPS) is 11.7. The molecule has 1 heterocycles. The lowest BCUT2D eigenvalue weighted by Gasteiger charge is -2.07. The quantitative estimate of drug-likeness (QED) is 0.431. The van der Waals surface area contributed by atoms with Crippen LogP contribution in [0.15, 0.2) is 21.9 Å². The Morgan fingerprint density at radius 3 is 2.67 bits per heavy atom. The number of hydrogen-bond acceptors (Lipinski definition) is 5. The average Bonchev–Trinajstić information content (AvgIpc) is 2.24. The van der Waals surface area contributed by atoms with E-state index in [1.165, 1.54) is 12.3 Å². The minimum absolute atomic E-state index is 0.0640. The molecule has 0 saturated heterocycles.